The first kappa shape index (κ1) is 19.6. The Morgan fingerprint density at radius 2 is 1.65 bits per heavy atom. The number of ether oxygens (including phenoxy) is 4. The summed E-state index contributed by atoms with van der Waals surface area (Å²) in [6, 6.07) is 11.9. The van der Waals surface area contributed by atoms with Crippen LogP contribution in [0.5, 0.6) is 17.2 Å². The van der Waals surface area contributed by atoms with Crippen LogP contribution >= 0.6 is 15.9 Å². The van der Waals surface area contributed by atoms with Gasteiger partial charge in [0.15, 0.2) is 13.2 Å². The molecule has 0 aliphatic heterocycles. The molecule has 2 rings (SSSR count). The first-order valence-corrected chi connectivity index (χ1v) is 8.37. The molecule has 0 radical (unpaired) electrons. The second-order valence-corrected chi connectivity index (χ2v) is 5.93. The van der Waals surface area contributed by atoms with Crippen LogP contribution in [0.15, 0.2) is 46.9 Å². The fraction of sp³-hybridized carbons (Fsp3) is 0.222. The van der Waals surface area contributed by atoms with Crippen molar-refractivity contribution in [3.05, 3.63) is 46.9 Å². The Balaban J connectivity index is 1.79. The molecule has 0 spiro atoms. The summed E-state index contributed by atoms with van der Waals surface area (Å²) in [5.74, 6) is 0.409. The molecule has 0 atom stereocenters. The quantitative estimate of drug-likeness (QED) is 0.657. The molecule has 0 heterocycles. The summed E-state index contributed by atoms with van der Waals surface area (Å²) in [6.45, 7) is -0.724. The minimum atomic E-state index is -0.648. The number of esters is 1. The van der Waals surface area contributed by atoms with Gasteiger partial charge in [-0.05, 0) is 36.4 Å². The van der Waals surface area contributed by atoms with Crippen molar-refractivity contribution in [2.45, 2.75) is 0 Å². The van der Waals surface area contributed by atoms with Crippen LogP contribution in [0.3, 0.4) is 0 Å². The van der Waals surface area contributed by atoms with Gasteiger partial charge < -0.3 is 24.3 Å². The number of carbonyl (C=O) groups excluding carboxylic acids is 2. The van der Waals surface area contributed by atoms with E-state index in [1.54, 1.807) is 42.5 Å². The van der Waals surface area contributed by atoms with Crippen molar-refractivity contribution in [1.29, 1.82) is 0 Å². The first-order valence-electron chi connectivity index (χ1n) is 7.57. The molecular formula is C18H18BrNO6. The van der Waals surface area contributed by atoms with Gasteiger partial charge >= 0.3 is 5.97 Å². The average molecular weight is 424 g/mol. The predicted molar refractivity (Wildman–Crippen MR) is 98.8 cm³/mol. The first-order chi connectivity index (χ1) is 12.5. The molecule has 0 bridgehead atoms. The van der Waals surface area contributed by atoms with Crippen LogP contribution in [-0.4, -0.2) is 39.3 Å². The average Bonchev–Trinajstić information content (AvgIpc) is 2.66. The summed E-state index contributed by atoms with van der Waals surface area (Å²) in [6.07, 6.45) is 0. The molecule has 0 unspecified atom stereocenters. The van der Waals surface area contributed by atoms with Gasteiger partial charge in [-0.2, -0.15) is 0 Å². The Hall–Kier alpha value is -2.74. The van der Waals surface area contributed by atoms with Crippen molar-refractivity contribution in [1.82, 2.24) is 0 Å². The van der Waals surface area contributed by atoms with E-state index >= 15 is 0 Å². The van der Waals surface area contributed by atoms with Crippen molar-refractivity contribution in [2.75, 3.05) is 32.8 Å². The summed E-state index contributed by atoms with van der Waals surface area (Å²) in [4.78, 5) is 23.6. The second kappa shape index (κ2) is 9.67. The van der Waals surface area contributed by atoms with Gasteiger partial charge in [0.1, 0.15) is 17.2 Å². The molecule has 26 heavy (non-hydrogen) atoms. The van der Waals surface area contributed by atoms with E-state index in [0.29, 0.717) is 22.9 Å². The largest absolute Gasteiger partial charge is 0.497 e. The van der Waals surface area contributed by atoms with Crippen molar-refractivity contribution in [3.8, 4) is 17.2 Å². The van der Waals surface area contributed by atoms with Gasteiger partial charge in [-0.1, -0.05) is 15.9 Å². The van der Waals surface area contributed by atoms with Gasteiger partial charge in [0.25, 0.3) is 5.91 Å². The number of nitrogens with one attached hydrogen (secondary N) is 1. The van der Waals surface area contributed by atoms with Gasteiger partial charge in [0.2, 0.25) is 0 Å². The third-order valence-electron chi connectivity index (χ3n) is 3.22. The number of methoxy groups -OCH3 is 2. The normalized spacial score (nSPS) is 9.96. The van der Waals surface area contributed by atoms with E-state index in [1.165, 1.54) is 14.2 Å². The molecule has 0 aliphatic rings. The fourth-order valence-electron chi connectivity index (χ4n) is 1.95. The topological polar surface area (TPSA) is 83.1 Å². The molecule has 0 aliphatic carbocycles. The van der Waals surface area contributed by atoms with Crippen LogP contribution in [0.4, 0.5) is 5.69 Å². The van der Waals surface area contributed by atoms with Gasteiger partial charge in [0.05, 0.1) is 19.9 Å². The van der Waals surface area contributed by atoms with E-state index in [0.717, 1.165) is 4.47 Å². The Kier molecular flexibility index (Phi) is 7.28. The Morgan fingerprint density at radius 3 is 2.31 bits per heavy atom. The lowest BCUT2D eigenvalue weighted by molar-refractivity contribution is -0.149. The van der Waals surface area contributed by atoms with Crippen LogP contribution in [0, 0.1) is 0 Å². The zero-order valence-corrected chi connectivity index (χ0v) is 15.9. The molecule has 1 amide bonds. The minimum Gasteiger partial charge on any atom is -0.497 e. The highest BCUT2D eigenvalue weighted by atomic mass is 79.9. The van der Waals surface area contributed by atoms with E-state index in [1.807, 2.05) is 0 Å². The van der Waals surface area contributed by atoms with Crippen LogP contribution in [0.1, 0.15) is 0 Å². The maximum absolute atomic E-state index is 11.9. The monoisotopic (exact) mass is 423 g/mol. The highest BCUT2D eigenvalue weighted by molar-refractivity contribution is 9.10. The molecule has 0 saturated heterocycles. The number of benzene rings is 2. The predicted octanol–water partition coefficient (Wildman–Crippen LogP) is 3.03. The number of anilines is 1. The number of hydrogen-bond acceptors (Lipinski definition) is 6. The highest BCUT2D eigenvalue weighted by Crippen LogP contribution is 2.28. The number of halogens is 1. The van der Waals surface area contributed by atoms with E-state index < -0.39 is 18.5 Å². The smallest absolute Gasteiger partial charge is 0.344 e. The van der Waals surface area contributed by atoms with Gasteiger partial charge in [-0.25, -0.2) is 4.79 Å². The maximum Gasteiger partial charge on any atom is 0.344 e. The Morgan fingerprint density at radius 1 is 0.962 bits per heavy atom. The van der Waals surface area contributed by atoms with E-state index in [4.69, 9.17) is 18.9 Å². The van der Waals surface area contributed by atoms with Gasteiger partial charge in [-0.15, -0.1) is 0 Å². The molecule has 7 nitrogen and oxygen atoms in total. The summed E-state index contributed by atoms with van der Waals surface area (Å²) < 4.78 is 21.3. The highest BCUT2D eigenvalue weighted by Gasteiger charge is 2.12. The molecule has 0 saturated carbocycles. The second-order valence-electron chi connectivity index (χ2n) is 5.02. The van der Waals surface area contributed by atoms with Crippen LogP contribution in [0.25, 0.3) is 0 Å². The van der Waals surface area contributed by atoms with E-state index in [9.17, 15) is 9.59 Å². The third-order valence-corrected chi connectivity index (χ3v) is 3.75. The molecule has 138 valence electrons. The number of amides is 1. The summed E-state index contributed by atoms with van der Waals surface area (Å²) in [7, 11) is 3.01. The zero-order chi connectivity index (χ0) is 18.9. The third kappa shape index (κ3) is 5.96. The van der Waals surface area contributed by atoms with Crippen LogP contribution in [0.2, 0.25) is 0 Å². The summed E-state index contributed by atoms with van der Waals surface area (Å²) in [5.41, 5.74) is 0.445. The van der Waals surface area contributed by atoms with Crippen LogP contribution in [-0.2, 0) is 14.3 Å². The van der Waals surface area contributed by atoms with Crippen molar-refractivity contribution >= 4 is 33.5 Å². The fourth-order valence-corrected chi connectivity index (χ4v) is 2.21. The number of carbonyl (C=O) groups is 2. The van der Waals surface area contributed by atoms with Crippen LogP contribution < -0.4 is 19.5 Å². The Labute approximate surface area is 159 Å². The number of hydrogen-bond donors (Lipinski definition) is 1. The molecule has 1 N–H and O–H groups in total. The zero-order valence-electron chi connectivity index (χ0n) is 14.3. The maximum atomic E-state index is 11.9. The van der Waals surface area contributed by atoms with Crippen molar-refractivity contribution in [3.63, 3.8) is 0 Å². The lowest BCUT2D eigenvalue weighted by Gasteiger charge is -2.12. The van der Waals surface area contributed by atoms with Crippen molar-refractivity contribution in [2.24, 2.45) is 0 Å². The minimum absolute atomic E-state index is 0.291. The Bertz CT molecular complexity index is 763. The SMILES string of the molecule is COc1ccc(NC(=O)COC(=O)COc2ccc(Br)cc2)c(OC)c1. The molecule has 8 heteroatoms. The molecular weight excluding hydrogens is 406 g/mol. The standard InChI is InChI=1S/C18H18BrNO6/c1-23-14-7-8-15(16(9-14)24-2)20-17(21)10-26-18(22)11-25-13-5-3-12(19)4-6-13/h3-9H,10-11H2,1-2H3,(H,20,21). The molecule has 0 fully saturated rings. The molecule has 2 aromatic rings. The van der Waals surface area contributed by atoms with Gasteiger partial charge in [-0.3, -0.25) is 4.79 Å². The summed E-state index contributed by atoms with van der Waals surface area (Å²) >= 11 is 3.30. The lowest BCUT2D eigenvalue weighted by atomic mass is 10.2. The van der Waals surface area contributed by atoms with Crippen molar-refractivity contribution < 1.29 is 28.5 Å². The summed E-state index contributed by atoms with van der Waals surface area (Å²) in [5, 5.41) is 2.61. The molecule has 2 aromatic carbocycles. The van der Waals surface area contributed by atoms with Gasteiger partial charge in [0, 0.05) is 10.5 Å². The molecule has 0 aromatic heterocycles. The lowest BCUT2D eigenvalue weighted by Crippen LogP contribution is -2.23. The number of rotatable bonds is 8. The van der Waals surface area contributed by atoms with E-state index in [2.05, 4.69) is 21.2 Å². The van der Waals surface area contributed by atoms with E-state index in [-0.39, 0.29) is 6.61 Å².